The van der Waals surface area contributed by atoms with E-state index in [1.54, 1.807) is 43.6 Å². The molecular weight excluding hydrogens is 296 g/mol. The fourth-order valence-corrected chi connectivity index (χ4v) is 2.34. The maximum atomic E-state index is 12.4. The van der Waals surface area contributed by atoms with Gasteiger partial charge in [-0.25, -0.2) is 0 Å². The van der Waals surface area contributed by atoms with Gasteiger partial charge in [-0.2, -0.15) is 4.98 Å². The molecule has 0 radical (unpaired) electrons. The number of rotatable bonds is 2. The van der Waals surface area contributed by atoms with Crippen molar-refractivity contribution in [3.8, 4) is 17.1 Å². The summed E-state index contributed by atoms with van der Waals surface area (Å²) in [6, 6.07) is 10.8. The van der Waals surface area contributed by atoms with Gasteiger partial charge in [0.1, 0.15) is 5.75 Å². The molecule has 4 rings (SSSR count). The van der Waals surface area contributed by atoms with Crippen molar-refractivity contribution in [2.24, 2.45) is 0 Å². The van der Waals surface area contributed by atoms with Gasteiger partial charge in [-0.1, -0.05) is 17.3 Å². The van der Waals surface area contributed by atoms with E-state index in [1.807, 2.05) is 12.1 Å². The molecule has 3 heterocycles. The molecule has 1 aliphatic heterocycles. The number of hydrogen-bond donors (Lipinski definition) is 1. The van der Waals surface area contributed by atoms with Crippen LogP contribution in [0.3, 0.4) is 0 Å². The Morgan fingerprint density at radius 2 is 2.04 bits per heavy atom. The first-order chi connectivity index (χ1) is 11.2. The van der Waals surface area contributed by atoms with Gasteiger partial charge in [-0.15, -0.1) is 0 Å². The lowest BCUT2D eigenvalue weighted by molar-refractivity contribution is -0.133. The quantitative estimate of drug-likeness (QED) is 0.781. The molecule has 7 nitrogen and oxygen atoms in total. The Hall–Kier alpha value is -3.22. The summed E-state index contributed by atoms with van der Waals surface area (Å²) in [7, 11) is 0. The lowest BCUT2D eigenvalue weighted by atomic mass is 10.0. The highest BCUT2D eigenvalue weighted by atomic mass is 16.5. The van der Waals surface area contributed by atoms with Gasteiger partial charge in [0.25, 0.3) is 17.4 Å². The minimum atomic E-state index is -1.39. The minimum Gasteiger partial charge on any atom is -0.466 e. The van der Waals surface area contributed by atoms with Crippen LogP contribution >= 0.6 is 0 Å². The van der Waals surface area contributed by atoms with Crippen LogP contribution in [0.15, 0.2) is 53.3 Å². The molecular formula is C16H12N4O3. The van der Waals surface area contributed by atoms with Crippen molar-refractivity contribution in [1.29, 1.82) is 0 Å². The minimum absolute atomic E-state index is 0.0864. The van der Waals surface area contributed by atoms with Crippen LogP contribution in [0.4, 0.5) is 5.69 Å². The summed E-state index contributed by atoms with van der Waals surface area (Å²) in [5, 5.41) is 6.71. The van der Waals surface area contributed by atoms with Crippen molar-refractivity contribution < 1.29 is 14.1 Å². The monoisotopic (exact) mass is 308 g/mol. The molecule has 7 heteroatoms. The van der Waals surface area contributed by atoms with E-state index in [9.17, 15) is 4.79 Å². The molecule has 1 atom stereocenters. The van der Waals surface area contributed by atoms with Crippen LogP contribution in [0.1, 0.15) is 12.8 Å². The highest BCUT2D eigenvalue weighted by Crippen LogP contribution is 2.38. The second-order valence-electron chi connectivity index (χ2n) is 5.25. The molecule has 0 saturated carbocycles. The number of nitrogens with one attached hydrogen (secondary N) is 1. The number of hydrogen-bond acceptors (Lipinski definition) is 6. The largest absolute Gasteiger partial charge is 0.466 e. The van der Waals surface area contributed by atoms with Gasteiger partial charge >= 0.3 is 0 Å². The molecule has 0 saturated heterocycles. The molecule has 2 aromatic heterocycles. The van der Waals surface area contributed by atoms with Crippen LogP contribution < -0.4 is 10.1 Å². The second-order valence-corrected chi connectivity index (χ2v) is 5.25. The van der Waals surface area contributed by atoms with Crippen molar-refractivity contribution in [3.63, 3.8) is 0 Å². The zero-order valence-corrected chi connectivity index (χ0v) is 12.2. The summed E-state index contributed by atoms with van der Waals surface area (Å²) >= 11 is 0. The van der Waals surface area contributed by atoms with Crippen molar-refractivity contribution in [2.75, 3.05) is 5.32 Å². The number of ether oxygens (including phenoxy) is 1. The first kappa shape index (κ1) is 13.4. The van der Waals surface area contributed by atoms with E-state index < -0.39 is 5.60 Å². The molecule has 1 aliphatic rings. The van der Waals surface area contributed by atoms with Gasteiger partial charge in [-0.3, -0.25) is 9.78 Å². The molecule has 1 amide bonds. The first-order valence-electron chi connectivity index (χ1n) is 7.01. The standard InChI is InChI=1S/C16H12N4O3/c1-16(14(21)18-11-6-2-3-7-12(11)22-16)15-19-13(20-23-15)10-5-4-8-17-9-10/h2-9H,1H3,(H,18,21)/t16-/m0/s1. The summed E-state index contributed by atoms with van der Waals surface area (Å²) in [5.74, 6) is 0.626. The molecule has 1 N–H and O–H groups in total. The Labute approximate surface area is 131 Å². The van der Waals surface area contributed by atoms with E-state index in [0.717, 1.165) is 0 Å². The smallest absolute Gasteiger partial charge is 0.280 e. The normalized spacial score (nSPS) is 19.6. The number of carbonyl (C=O) groups excluding carboxylic acids is 1. The molecule has 0 bridgehead atoms. The van der Waals surface area contributed by atoms with E-state index >= 15 is 0 Å². The van der Waals surface area contributed by atoms with E-state index in [-0.39, 0.29) is 11.8 Å². The molecule has 1 aromatic carbocycles. The SMILES string of the molecule is C[C@]1(c2nc(-c3cccnc3)no2)Oc2ccccc2NC1=O. The third-order valence-corrected chi connectivity index (χ3v) is 3.64. The Bertz CT molecular complexity index is 878. The molecule has 0 fully saturated rings. The number of carbonyl (C=O) groups is 1. The first-order valence-corrected chi connectivity index (χ1v) is 7.01. The highest BCUT2D eigenvalue weighted by Gasteiger charge is 2.47. The van der Waals surface area contributed by atoms with Crippen molar-refractivity contribution in [3.05, 3.63) is 54.7 Å². The Morgan fingerprint density at radius 3 is 2.87 bits per heavy atom. The number of fused-ring (bicyclic) bond motifs is 1. The maximum absolute atomic E-state index is 12.4. The zero-order chi connectivity index (χ0) is 15.9. The second kappa shape index (κ2) is 4.91. The van der Waals surface area contributed by atoms with Gasteiger partial charge in [0.15, 0.2) is 0 Å². The van der Waals surface area contributed by atoms with Gasteiger partial charge in [0.05, 0.1) is 5.69 Å². The van der Waals surface area contributed by atoms with E-state index in [1.165, 1.54) is 0 Å². The lowest BCUT2D eigenvalue weighted by Crippen LogP contribution is -2.46. The van der Waals surface area contributed by atoms with Gasteiger partial charge < -0.3 is 14.6 Å². The number of para-hydroxylation sites is 2. The number of amides is 1. The van der Waals surface area contributed by atoms with E-state index in [2.05, 4.69) is 20.4 Å². The van der Waals surface area contributed by atoms with Gasteiger partial charge in [0.2, 0.25) is 5.82 Å². The Balaban J connectivity index is 1.73. The summed E-state index contributed by atoms with van der Waals surface area (Å²) in [5.41, 5.74) is -0.0772. The van der Waals surface area contributed by atoms with Crippen LogP contribution in [0.2, 0.25) is 0 Å². The number of aromatic nitrogens is 3. The number of nitrogens with zero attached hydrogens (tertiary/aromatic N) is 3. The summed E-state index contributed by atoms with van der Waals surface area (Å²) < 4.78 is 11.1. The molecule has 23 heavy (non-hydrogen) atoms. The summed E-state index contributed by atoms with van der Waals surface area (Å²) in [6.07, 6.45) is 3.27. The molecule has 0 aliphatic carbocycles. The third kappa shape index (κ3) is 2.13. The number of benzene rings is 1. The van der Waals surface area contributed by atoms with Crippen molar-refractivity contribution >= 4 is 11.6 Å². The van der Waals surface area contributed by atoms with Crippen LogP contribution in [-0.2, 0) is 10.4 Å². The Kier molecular flexibility index (Phi) is 2.87. The van der Waals surface area contributed by atoms with Crippen LogP contribution in [0, 0.1) is 0 Å². The average Bonchev–Trinajstić information content (AvgIpc) is 3.07. The van der Waals surface area contributed by atoms with E-state index in [4.69, 9.17) is 9.26 Å². The fraction of sp³-hybridized carbons (Fsp3) is 0.125. The van der Waals surface area contributed by atoms with Crippen molar-refractivity contribution in [1.82, 2.24) is 15.1 Å². The average molecular weight is 308 g/mol. The van der Waals surface area contributed by atoms with Crippen LogP contribution in [0.25, 0.3) is 11.4 Å². The predicted molar refractivity (Wildman–Crippen MR) is 80.6 cm³/mol. The summed E-state index contributed by atoms with van der Waals surface area (Å²) in [4.78, 5) is 20.8. The predicted octanol–water partition coefficient (Wildman–Crippen LogP) is 2.38. The molecule has 3 aromatic rings. The lowest BCUT2D eigenvalue weighted by Gasteiger charge is -2.31. The molecule has 0 unspecified atom stereocenters. The van der Waals surface area contributed by atoms with Crippen molar-refractivity contribution in [2.45, 2.75) is 12.5 Å². The summed E-state index contributed by atoms with van der Waals surface area (Å²) in [6.45, 7) is 1.60. The van der Waals surface area contributed by atoms with Gasteiger partial charge in [0, 0.05) is 18.0 Å². The fourth-order valence-electron chi connectivity index (χ4n) is 2.34. The number of pyridine rings is 1. The van der Waals surface area contributed by atoms with Gasteiger partial charge in [-0.05, 0) is 31.2 Å². The third-order valence-electron chi connectivity index (χ3n) is 3.64. The van der Waals surface area contributed by atoms with E-state index in [0.29, 0.717) is 22.8 Å². The molecule has 0 spiro atoms. The van der Waals surface area contributed by atoms with Crippen LogP contribution in [0.5, 0.6) is 5.75 Å². The Morgan fingerprint density at radius 1 is 1.17 bits per heavy atom. The zero-order valence-electron chi connectivity index (χ0n) is 12.2. The number of anilines is 1. The topological polar surface area (TPSA) is 90.1 Å². The highest BCUT2D eigenvalue weighted by molar-refractivity contribution is 6.00. The van der Waals surface area contributed by atoms with Crippen LogP contribution in [-0.4, -0.2) is 21.0 Å². The maximum Gasteiger partial charge on any atom is 0.280 e. The molecule has 114 valence electrons.